The largest absolute Gasteiger partial charge is 0.506 e. The topological polar surface area (TPSA) is 105 Å². The van der Waals surface area contributed by atoms with E-state index < -0.39 is 0 Å². The van der Waals surface area contributed by atoms with Crippen molar-refractivity contribution in [3.63, 3.8) is 0 Å². The van der Waals surface area contributed by atoms with Crippen LogP contribution in [0.4, 0.5) is 0 Å². The summed E-state index contributed by atoms with van der Waals surface area (Å²) in [5.74, 6) is -0.00319. The van der Waals surface area contributed by atoms with Crippen LogP contribution in [0.3, 0.4) is 0 Å². The van der Waals surface area contributed by atoms with Crippen molar-refractivity contribution in [1.82, 2.24) is 4.98 Å². The second kappa shape index (κ2) is 4.18. The lowest BCUT2D eigenvalue weighted by molar-refractivity contribution is 0.279. The Bertz CT molecular complexity index is 302. The van der Waals surface area contributed by atoms with Crippen LogP contribution in [0.15, 0.2) is 6.20 Å². The summed E-state index contributed by atoms with van der Waals surface area (Å²) in [7, 11) is 0. The molecule has 0 aliphatic heterocycles. The number of aliphatic hydroxyl groups excluding tert-OH is 1. The van der Waals surface area contributed by atoms with Crippen molar-refractivity contribution < 1.29 is 10.2 Å². The number of hydrogen-bond donors (Lipinski definition) is 4. The molecule has 0 radical (unpaired) electrons. The molecule has 72 valence electrons. The summed E-state index contributed by atoms with van der Waals surface area (Å²) in [6.45, 7) is 0.139. The summed E-state index contributed by atoms with van der Waals surface area (Å²) < 4.78 is 0. The van der Waals surface area contributed by atoms with Gasteiger partial charge in [0.25, 0.3) is 0 Å². The van der Waals surface area contributed by atoms with Crippen molar-refractivity contribution in [3.8, 4) is 5.75 Å². The van der Waals surface area contributed by atoms with E-state index in [-0.39, 0.29) is 25.4 Å². The normalized spacial score (nSPS) is 10.4. The van der Waals surface area contributed by atoms with E-state index in [1.165, 1.54) is 6.20 Å². The SMILES string of the molecule is NCc1ncc(CO)c(CN)c1O. The Kier molecular flexibility index (Phi) is 3.18. The summed E-state index contributed by atoms with van der Waals surface area (Å²) in [5, 5.41) is 18.5. The first-order valence-corrected chi connectivity index (χ1v) is 3.94. The molecule has 0 atom stereocenters. The number of aliphatic hydroxyl groups is 1. The van der Waals surface area contributed by atoms with Gasteiger partial charge in [0.1, 0.15) is 5.75 Å². The highest BCUT2D eigenvalue weighted by Crippen LogP contribution is 2.23. The van der Waals surface area contributed by atoms with Gasteiger partial charge in [-0.15, -0.1) is 0 Å². The number of pyridine rings is 1. The molecule has 1 aromatic heterocycles. The van der Waals surface area contributed by atoms with Crippen molar-refractivity contribution in [1.29, 1.82) is 0 Å². The van der Waals surface area contributed by atoms with Gasteiger partial charge in [-0.25, -0.2) is 0 Å². The van der Waals surface area contributed by atoms with Crippen LogP contribution in [0.1, 0.15) is 16.8 Å². The Morgan fingerprint density at radius 2 is 2.00 bits per heavy atom. The van der Waals surface area contributed by atoms with Gasteiger partial charge in [0.05, 0.1) is 12.3 Å². The minimum Gasteiger partial charge on any atom is -0.506 e. The summed E-state index contributed by atoms with van der Waals surface area (Å²) in [6.07, 6.45) is 1.48. The second-order valence-corrected chi connectivity index (χ2v) is 2.62. The first-order valence-electron chi connectivity index (χ1n) is 3.94. The predicted molar refractivity (Wildman–Crippen MR) is 47.6 cm³/mol. The van der Waals surface area contributed by atoms with E-state index in [2.05, 4.69) is 4.98 Å². The van der Waals surface area contributed by atoms with Gasteiger partial charge in [-0.3, -0.25) is 4.98 Å². The van der Waals surface area contributed by atoms with Gasteiger partial charge >= 0.3 is 0 Å². The molecule has 0 aliphatic rings. The molecule has 0 aromatic carbocycles. The summed E-state index contributed by atoms with van der Waals surface area (Å²) in [6, 6.07) is 0. The number of aromatic hydroxyl groups is 1. The number of aromatic nitrogens is 1. The van der Waals surface area contributed by atoms with Crippen LogP contribution < -0.4 is 11.5 Å². The van der Waals surface area contributed by atoms with Gasteiger partial charge in [-0.05, 0) is 0 Å². The fraction of sp³-hybridized carbons (Fsp3) is 0.375. The van der Waals surface area contributed by atoms with Crippen molar-refractivity contribution in [2.45, 2.75) is 19.7 Å². The van der Waals surface area contributed by atoms with Crippen LogP contribution >= 0.6 is 0 Å². The third-order valence-electron chi connectivity index (χ3n) is 1.89. The van der Waals surface area contributed by atoms with E-state index in [1.807, 2.05) is 0 Å². The molecule has 5 heteroatoms. The molecule has 6 N–H and O–H groups in total. The molecule has 0 spiro atoms. The molecular formula is C8H13N3O2. The van der Waals surface area contributed by atoms with Gasteiger partial charge in [0.15, 0.2) is 0 Å². The highest BCUT2D eigenvalue weighted by molar-refractivity contribution is 5.40. The Hall–Kier alpha value is -1.17. The lowest BCUT2D eigenvalue weighted by Gasteiger charge is -2.09. The number of nitrogens with zero attached hydrogens (tertiary/aromatic N) is 1. The lowest BCUT2D eigenvalue weighted by atomic mass is 10.1. The summed E-state index contributed by atoms with van der Waals surface area (Å²) in [4.78, 5) is 3.89. The maximum Gasteiger partial charge on any atom is 0.143 e. The fourth-order valence-electron chi connectivity index (χ4n) is 1.13. The summed E-state index contributed by atoms with van der Waals surface area (Å²) >= 11 is 0. The molecule has 1 heterocycles. The molecule has 5 nitrogen and oxygen atoms in total. The monoisotopic (exact) mass is 183 g/mol. The van der Waals surface area contributed by atoms with Crippen molar-refractivity contribution >= 4 is 0 Å². The van der Waals surface area contributed by atoms with E-state index >= 15 is 0 Å². The Morgan fingerprint density at radius 1 is 1.31 bits per heavy atom. The van der Waals surface area contributed by atoms with Crippen LogP contribution in [0.2, 0.25) is 0 Å². The quantitative estimate of drug-likeness (QED) is 0.491. The second-order valence-electron chi connectivity index (χ2n) is 2.62. The maximum atomic E-state index is 9.57. The van der Waals surface area contributed by atoms with Crippen LogP contribution in [0.5, 0.6) is 5.75 Å². The number of rotatable bonds is 3. The van der Waals surface area contributed by atoms with E-state index in [9.17, 15) is 5.11 Å². The molecule has 0 saturated heterocycles. The highest BCUT2D eigenvalue weighted by atomic mass is 16.3. The first kappa shape index (κ1) is 9.91. The van der Waals surface area contributed by atoms with E-state index in [0.29, 0.717) is 16.8 Å². The van der Waals surface area contributed by atoms with Gasteiger partial charge in [0.2, 0.25) is 0 Å². The predicted octanol–water partition coefficient (Wildman–Crippen LogP) is -0.803. The fourth-order valence-corrected chi connectivity index (χ4v) is 1.13. The molecule has 0 aliphatic carbocycles. The zero-order valence-electron chi connectivity index (χ0n) is 7.20. The smallest absolute Gasteiger partial charge is 0.143 e. The van der Waals surface area contributed by atoms with Gasteiger partial charge < -0.3 is 21.7 Å². The van der Waals surface area contributed by atoms with Crippen LogP contribution in [-0.2, 0) is 19.7 Å². The van der Waals surface area contributed by atoms with E-state index in [0.717, 1.165) is 0 Å². The maximum absolute atomic E-state index is 9.57. The standard InChI is InChI=1S/C8H13N3O2/c9-1-6-5(4-12)3-11-7(2-10)8(6)13/h3,12-13H,1-2,4,9-10H2. The first-order chi connectivity index (χ1) is 6.24. The molecule has 0 fully saturated rings. The minimum atomic E-state index is -0.183. The van der Waals surface area contributed by atoms with E-state index in [4.69, 9.17) is 16.6 Å². The van der Waals surface area contributed by atoms with Gasteiger partial charge in [-0.1, -0.05) is 0 Å². The van der Waals surface area contributed by atoms with Crippen molar-refractivity contribution in [2.24, 2.45) is 11.5 Å². The minimum absolute atomic E-state index is 0.00319. The lowest BCUT2D eigenvalue weighted by Crippen LogP contribution is -2.08. The van der Waals surface area contributed by atoms with Gasteiger partial charge in [-0.2, -0.15) is 0 Å². The molecular weight excluding hydrogens is 170 g/mol. The Morgan fingerprint density at radius 3 is 2.46 bits per heavy atom. The van der Waals surface area contributed by atoms with Crippen molar-refractivity contribution in [2.75, 3.05) is 0 Å². The average Bonchev–Trinajstić information content (AvgIpc) is 2.17. The molecule has 0 bridgehead atoms. The number of hydrogen-bond acceptors (Lipinski definition) is 5. The third kappa shape index (κ3) is 1.77. The molecule has 0 unspecified atom stereocenters. The average molecular weight is 183 g/mol. The molecule has 1 rings (SSSR count). The van der Waals surface area contributed by atoms with Crippen LogP contribution in [0.25, 0.3) is 0 Å². The van der Waals surface area contributed by atoms with Crippen molar-refractivity contribution in [3.05, 3.63) is 23.0 Å². The zero-order chi connectivity index (χ0) is 9.84. The summed E-state index contributed by atoms with van der Waals surface area (Å²) in [5.41, 5.74) is 12.2. The third-order valence-corrected chi connectivity index (χ3v) is 1.89. The van der Waals surface area contributed by atoms with Crippen LogP contribution in [0, 0.1) is 0 Å². The molecule has 1 aromatic rings. The number of nitrogens with two attached hydrogens (primary N) is 2. The molecule has 0 saturated carbocycles. The molecule has 13 heavy (non-hydrogen) atoms. The zero-order valence-corrected chi connectivity index (χ0v) is 7.20. The van der Waals surface area contributed by atoms with Gasteiger partial charge in [0, 0.05) is 30.4 Å². The highest BCUT2D eigenvalue weighted by Gasteiger charge is 2.10. The van der Waals surface area contributed by atoms with Crippen LogP contribution in [-0.4, -0.2) is 15.2 Å². The van der Waals surface area contributed by atoms with E-state index in [1.54, 1.807) is 0 Å². The molecule has 0 amide bonds. The Balaban J connectivity index is 3.23. The Labute approximate surface area is 76.0 Å².